The summed E-state index contributed by atoms with van der Waals surface area (Å²) in [5, 5.41) is 6.26. The van der Waals surface area contributed by atoms with E-state index in [-0.39, 0.29) is 5.75 Å². The summed E-state index contributed by atoms with van der Waals surface area (Å²) in [5.74, 6) is 1.02. The number of nitrogens with zero attached hydrogens (tertiary/aromatic N) is 2. The third kappa shape index (κ3) is 4.55. The molecule has 0 aliphatic carbocycles. The van der Waals surface area contributed by atoms with E-state index >= 15 is 0 Å². The fourth-order valence-corrected chi connectivity index (χ4v) is 2.08. The molecule has 9 heteroatoms. The number of halogens is 2. The molecule has 0 atom stereocenters. The normalized spacial score (nSPS) is 11.1. The molecule has 0 saturated carbocycles. The predicted octanol–water partition coefficient (Wildman–Crippen LogP) is 2.82. The summed E-state index contributed by atoms with van der Waals surface area (Å²) in [6.07, 6.45) is -1.00. The molecule has 1 heterocycles. The number of hydrazone groups is 1. The molecule has 0 aliphatic heterocycles. The van der Waals surface area contributed by atoms with Crippen molar-refractivity contribution >= 4 is 28.5 Å². The molecule has 1 aromatic heterocycles. The van der Waals surface area contributed by atoms with Gasteiger partial charge in [0.05, 0.1) is 13.3 Å². The zero-order valence-electron chi connectivity index (χ0n) is 11.6. The minimum atomic E-state index is -2.54. The maximum atomic E-state index is 12.2. The summed E-state index contributed by atoms with van der Waals surface area (Å²) in [4.78, 5) is 3.99. The molecule has 0 fully saturated rings. The van der Waals surface area contributed by atoms with Crippen molar-refractivity contribution in [1.82, 2.24) is 4.98 Å². The Morgan fingerprint density at radius 2 is 2.27 bits per heavy atom. The van der Waals surface area contributed by atoms with Gasteiger partial charge in [-0.25, -0.2) is 13.8 Å². The van der Waals surface area contributed by atoms with E-state index in [4.69, 9.17) is 15.2 Å². The fourth-order valence-electron chi connectivity index (χ4n) is 1.54. The van der Waals surface area contributed by atoms with Crippen molar-refractivity contribution in [2.24, 2.45) is 5.10 Å². The lowest BCUT2D eigenvalue weighted by atomic mass is 10.2. The Balaban J connectivity index is 2.02. The topological polar surface area (TPSA) is 81.8 Å². The summed E-state index contributed by atoms with van der Waals surface area (Å²) in [6.45, 7) is -0.684. The number of nitrogens with two attached hydrogens (primary N) is 1. The van der Waals surface area contributed by atoms with Crippen LogP contribution in [0.1, 0.15) is 5.56 Å². The van der Waals surface area contributed by atoms with Crippen LogP contribution in [0.2, 0.25) is 0 Å². The van der Waals surface area contributed by atoms with Crippen LogP contribution in [0.25, 0.3) is 0 Å². The Kier molecular flexibility index (Phi) is 5.48. The van der Waals surface area contributed by atoms with Gasteiger partial charge in [0.2, 0.25) is 5.13 Å². The Hall–Kier alpha value is -2.42. The molecule has 2 rings (SSSR count). The molecule has 0 unspecified atom stereocenters. The summed E-state index contributed by atoms with van der Waals surface area (Å²) in [6, 6.07) is 4.84. The fraction of sp³-hybridized carbons (Fsp3) is 0.231. The van der Waals surface area contributed by atoms with E-state index < -0.39 is 13.0 Å². The lowest BCUT2D eigenvalue weighted by Crippen LogP contribution is -2.07. The summed E-state index contributed by atoms with van der Waals surface area (Å²) in [5.41, 5.74) is 8.93. The van der Waals surface area contributed by atoms with Crippen molar-refractivity contribution in [3.8, 4) is 11.5 Å². The maximum absolute atomic E-state index is 12.2. The molecule has 0 saturated heterocycles. The molecular formula is C13H14F2N4O2S. The SMILES string of the molecule is COc1cc(C=NNc2nc(N)cs2)ccc1OCC(F)F. The first-order valence-corrected chi connectivity index (χ1v) is 7.05. The molecule has 22 heavy (non-hydrogen) atoms. The van der Waals surface area contributed by atoms with Gasteiger partial charge in [0.1, 0.15) is 12.4 Å². The van der Waals surface area contributed by atoms with Gasteiger partial charge in [0.15, 0.2) is 11.5 Å². The van der Waals surface area contributed by atoms with Gasteiger partial charge in [-0.05, 0) is 23.8 Å². The van der Waals surface area contributed by atoms with Crippen molar-refractivity contribution in [2.75, 3.05) is 24.9 Å². The van der Waals surface area contributed by atoms with Crippen LogP contribution in [-0.2, 0) is 0 Å². The van der Waals surface area contributed by atoms with Gasteiger partial charge in [0, 0.05) is 5.38 Å². The Morgan fingerprint density at radius 3 is 2.91 bits per heavy atom. The molecule has 0 aliphatic rings. The number of thiazole rings is 1. The number of anilines is 2. The van der Waals surface area contributed by atoms with Crippen LogP contribution in [0, 0.1) is 0 Å². The van der Waals surface area contributed by atoms with E-state index in [1.165, 1.54) is 24.7 Å². The van der Waals surface area contributed by atoms with E-state index in [9.17, 15) is 8.78 Å². The molecule has 118 valence electrons. The standard InChI is InChI=1S/C13H14F2N4O2S/c1-20-10-4-8(2-3-9(10)21-6-11(14)15)5-17-19-13-18-12(16)7-22-13/h2-5,7,11H,6,16H2,1H3,(H,18,19). The number of alkyl halides is 2. The van der Waals surface area contributed by atoms with Crippen molar-refractivity contribution < 1.29 is 18.3 Å². The van der Waals surface area contributed by atoms with Crippen molar-refractivity contribution in [1.29, 1.82) is 0 Å². The molecular weight excluding hydrogens is 314 g/mol. The molecule has 2 aromatic rings. The zero-order chi connectivity index (χ0) is 15.9. The number of nitrogens with one attached hydrogen (secondary N) is 1. The number of methoxy groups -OCH3 is 1. The lowest BCUT2D eigenvalue weighted by molar-refractivity contribution is 0.0804. The van der Waals surface area contributed by atoms with Crippen LogP contribution in [-0.4, -0.2) is 31.3 Å². The number of ether oxygens (including phenoxy) is 2. The molecule has 0 bridgehead atoms. The summed E-state index contributed by atoms with van der Waals surface area (Å²) < 4.78 is 34.4. The highest BCUT2D eigenvalue weighted by Gasteiger charge is 2.08. The molecule has 0 amide bonds. The first-order chi connectivity index (χ1) is 10.6. The number of hydrogen-bond acceptors (Lipinski definition) is 7. The van der Waals surface area contributed by atoms with Gasteiger partial charge in [0.25, 0.3) is 6.43 Å². The van der Waals surface area contributed by atoms with E-state index in [0.717, 1.165) is 0 Å². The Bertz CT molecular complexity index is 649. The highest BCUT2D eigenvalue weighted by atomic mass is 32.1. The van der Waals surface area contributed by atoms with Gasteiger partial charge in [-0.1, -0.05) is 0 Å². The van der Waals surface area contributed by atoms with Crippen LogP contribution in [0.4, 0.5) is 19.7 Å². The smallest absolute Gasteiger partial charge is 0.272 e. The molecule has 3 N–H and O–H groups in total. The minimum Gasteiger partial charge on any atom is -0.493 e. The Labute approximate surface area is 129 Å². The van der Waals surface area contributed by atoms with Gasteiger partial charge < -0.3 is 15.2 Å². The van der Waals surface area contributed by atoms with Crippen LogP contribution in [0.5, 0.6) is 11.5 Å². The average molecular weight is 328 g/mol. The largest absolute Gasteiger partial charge is 0.493 e. The zero-order valence-corrected chi connectivity index (χ0v) is 12.4. The van der Waals surface area contributed by atoms with Crippen molar-refractivity contribution in [3.05, 3.63) is 29.1 Å². The highest BCUT2D eigenvalue weighted by molar-refractivity contribution is 7.14. The second-order valence-electron chi connectivity index (χ2n) is 4.06. The summed E-state index contributed by atoms with van der Waals surface area (Å²) in [7, 11) is 1.43. The van der Waals surface area contributed by atoms with Crippen LogP contribution >= 0.6 is 11.3 Å². The maximum Gasteiger partial charge on any atom is 0.272 e. The number of rotatable bonds is 7. The van der Waals surface area contributed by atoms with E-state index in [0.29, 0.717) is 22.3 Å². The number of benzene rings is 1. The third-order valence-electron chi connectivity index (χ3n) is 2.45. The van der Waals surface area contributed by atoms with Crippen LogP contribution in [0.3, 0.4) is 0 Å². The second-order valence-corrected chi connectivity index (χ2v) is 4.92. The third-order valence-corrected chi connectivity index (χ3v) is 3.21. The van der Waals surface area contributed by atoms with E-state index in [1.54, 1.807) is 23.6 Å². The molecule has 1 aromatic carbocycles. The van der Waals surface area contributed by atoms with E-state index in [1.807, 2.05) is 0 Å². The monoisotopic (exact) mass is 328 g/mol. The van der Waals surface area contributed by atoms with Gasteiger partial charge >= 0.3 is 0 Å². The second kappa shape index (κ2) is 7.55. The predicted molar refractivity (Wildman–Crippen MR) is 82.2 cm³/mol. The number of aromatic nitrogens is 1. The van der Waals surface area contributed by atoms with Gasteiger partial charge in [-0.3, -0.25) is 5.43 Å². The molecule has 0 spiro atoms. The van der Waals surface area contributed by atoms with E-state index in [2.05, 4.69) is 15.5 Å². The lowest BCUT2D eigenvalue weighted by Gasteiger charge is -2.10. The minimum absolute atomic E-state index is 0.251. The van der Waals surface area contributed by atoms with Crippen molar-refractivity contribution in [3.63, 3.8) is 0 Å². The highest BCUT2D eigenvalue weighted by Crippen LogP contribution is 2.28. The van der Waals surface area contributed by atoms with Crippen LogP contribution in [0.15, 0.2) is 28.7 Å². The quantitative estimate of drug-likeness (QED) is 0.603. The average Bonchev–Trinajstić information content (AvgIpc) is 2.91. The number of hydrogen-bond donors (Lipinski definition) is 2. The summed E-state index contributed by atoms with van der Waals surface area (Å²) >= 11 is 1.33. The first kappa shape index (κ1) is 16.0. The molecule has 0 radical (unpaired) electrons. The molecule has 6 nitrogen and oxygen atoms in total. The van der Waals surface area contributed by atoms with Gasteiger partial charge in [-0.15, -0.1) is 11.3 Å². The number of nitrogen functional groups attached to an aromatic ring is 1. The first-order valence-electron chi connectivity index (χ1n) is 6.17. The van der Waals surface area contributed by atoms with Crippen molar-refractivity contribution in [2.45, 2.75) is 6.43 Å². The Morgan fingerprint density at radius 1 is 1.45 bits per heavy atom. The van der Waals surface area contributed by atoms with Gasteiger partial charge in [-0.2, -0.15) is 5.10 Å². The van der Waals surface area contributed by atoms with Crippen LogP contribution < -0.4 is 20.6 Å².